The second kappa shape index (κ2) is 7.53. The highest BCUT2D eigenvalue weighted by molar-refractivity contribution is 6.19. The number of carbonyl (C=O) groups is 3. The molecule has 154 valence electrons. The van der Waals surface area contributed by atoms with Crippen LogP contribution in [0, 0.1) is 10.1 Å². The van der Waals surface area contributed by atoms with Crippen molar-refractivity contribution in [1.82, 2.24) is 4.90 Å². The molecule has 1 aromatic carbocycles. The minimum absolute atomic E-state index is 0.0222. The third kappa shape index (κ3) is 4.36. The first-order valence-corrected chi connectivity index (χ1v) is 9.05. The van der Waals surface area contributed by atoms with Crippen LogP contribution in [0.4, 0.5) is 11.4 Å². The predicted octanol–water partition coefficient (Wildman–Crippen LogP) is 1.48. The smallest absolute Gasteiger partial charge is 0.348 e. The third-order valence-electron chi connectivity index (χ3n) is 4.70. The van der Waals surface area contributed by atoms with E-state index in [9.17, 15) is 24.5 Å². The van der Waals surface area contributed by atoms with Crippen LogP contribution in [-0.2, 0) is 23.9 Å². The van der Waals surface area contributed by atoms with Crippen LogP contribution in [0.25, 0.3) is 6.08 Å². The summed E-state index contributed by atoms with van der Waals surface area (Å²) >= 11 is 0. The molecule has 10 heteroatoms. The molecule has 3 rings (SSSR count). The standard InChI is InChI=1S/C19H21N3O7/c1-12(23)20-6-8-21(9-7-20)16-5-4-14(22(26)27)10-13(16)11-15-17(24)28-19(2,3)29-18(15)25/h4-5,10-11H,6-9H2,1-3H3. The Labute approximate surface area is 166 Å². The van der Waals surface area contributed by atoms with Crippen molar-refractivity contribution in [1.29, 1.82) is 0 Å². The molecule has 2 aliphatic heterocycles. The Morgan fingerprint density at radius 3 is 2.24 bits per heavy atom. The van der Waals surface area contributed by atoms with E-state index in [1.807, 2.05) is 4.90 Å². The number of nitro groups is 1. The Hall–Kier alpha value is -3.43. The quantitative estimate of drug-likeness (QED) is 0.245. The van der Waals surface area contributed by atoms with Gasteiger partial charge in [-0.1, -0.05) is 0 Å². The molecule has 0 bridgehead atoms. The third-order valence-corrected chi connectivity index (χ3v) is 4.70. The van der Waals surface area contributed by atoms with E-state index >= 15 is 0 Å². The van der Waals surface area contributed by atoms with Gasteiger partial charge in [-0.05, 0) is 12.1 Å². The Kier molecular flexibility index (Phi) is 5.27. The number of hydrogen-bond donors (Lipinski definition) is 0. The lowest BCUT2D eigenvalue weighted by atomic mass is 10.1. The van der Waals surface area contributed by atoms with Gasteiger partial charge in [0.25, 0.3) is 11.5 Å². The van der Waals surface area contributed by atoms with E-state index in [4.69, 9.17) is 9.47 Å². The van der Waals surface area contributed by atoms with Crippen molar-refractivity contribution in [2.45, 2.75) is 26.6 Å². The number of piperazine rings is 1. The highest BCUT2D eigenvalue weighted by Gasteiger charge is 2.39. The summed E-state index contributed by atoms with van der Waals surface area (Å²) in [6.07, 6.45) is 1.25. The molecule has 2 aliphatic rings. The molecule has 1 amide bonds. The highest BCUT2D eigenvalue weighted by atomic mass is 16.7. The van der Waals surface area contributed by atoms with E-state index in [2.05, 4.69) is 0 Å². The topological polar surface area (TPSA) is 119 Å². The van der Waals surface area contributed by atoms with Gasteiger partial charge < -0.3 is 19.3 Å². The van der Waals surface area contributed by atoms with Crippen LogP contribution >= 0.6 is 0 Å². The van der Waals surface area contributed by atoms with E-state index in [1.165, 1.54) is 39.0 Å². The largest absolute Gasteiger partial charge is 0.419 e. The SMILES string of the molecule is CC(=O)N1CCN(c2ccc([N+](=O)[O-])cc2C=C2C(=O)OC(C)(C)OC2=O)CC1. The molecule has 0 atom stereocenters. The van der Waals surface area contributed by atoms with Crippen LogP contribution in [0.15, 0.2) is 23.8 Å². The van der Waals surface area contributed by atoms with Crippen LogP contribution < -0.4 is 4.90 Å². The molecule has 10 nitrogen and oxygen atoms in total. The van der Waals surface area contributed by atoms with Gasteiger partial charge in [0.15, 0.2) is 0 Å². The fourth-order valence-electron chi connectivity index (χ4n) is 3.26. The zero-order valence-electron chi connectivity index (χ0n) is 16.3. The van der Waals surface area contributed by atoms with Crippen molar-refractivity contribution in [3.05, 3.63) is 39.4 Å². The molecule has 2 saturated heterocycles. The van der Waals surface area contributed by atoms with Gasteiger partial charge in [-0.2, -0.15) is 0 Å². The van der Waals surface area contributed by atoms with Crippen LogP contribution in [0.3, 0.4) is 0 Å². The Morgan fingerprint density at radius 2 is 1.72 bits per heavy atom. The van der Waals surface area contributed by atoms with Crippen LogP contribution in [0.2, 0.25) is 0 Å². The summed E-state index contributed by atoms with van der Waals surface area (Å²) < 4.78 is 10.2. The van der Waals surface area contributed by atoms with Gasteiger partial charge in [0.05, 0.1) is 4.92 Å². The summed E-state index contributed by atoms with van der Waals surface area (Å²) in [4.78, 5) is 50.4. The van der Waals surface area contributed by atoms with Gasteiger partial charge >= 0.3 is 11.9 Å². The second-order valence-electron chi connectivity index (χ2n) is 7.23. The number of benzene rings is 1. The number of hydrogen-bond acceptors (Lipinski definition) is 8. The number of carbonyl (C=O) groups excluding carboxylic acids is 3. The predicted molar refractivity (Wildman–Crippen MR) is 102 cm³/mol. The summed E-state index contributed by atoms with van der Waals surface area (Å²) in [6, 6.07) is 4.21. The summed E-state index contributed by atoms with van der Waals surface area (Å²) in [5.74, 6) is -3.11. The van der Waals surface area contributed by atoms with Gasteiger partial charge in [0, 0.05) is 70.3 Å². The number of non-ortho nitro benzene ring substituents is 1. The number of nitro benzene ring substituents is 1. The molecule has 29 heavy (non-hydrogen) atoms. The number of cyclic esters (lactones) is 2. The number of anilines is 1. The molecule has 0 radical (unpaired) electrons. The number of nitrogens with zero attached hydrogens (tertiary/aromatic N) is 3. The van der Waals surface area contributed by atoms with Crippen LogP contribution in [0.5, 0.6) is 0 Å². The molecular formula is C19H21N3O7. The lowest BCUT2D eigenvalue weighted by Gasteiger charge is -2.36. The first-order valence-electron chi connectivity index (χ1n) is 9.05. The minimum Gasteiger partial charge on any atom is -0.419 e. The maximum Gasteiger partial charge on any atom is 0.348 e. The summed E-state index contributed by atoms with van der Waals surface area (Å²) in [5.41, 5.74) is 0.408. The molecule has 0 saturated carbocycles. The molecule has 0 aromatic heterocycles. The molecule has 0 unspecified atom stereocenters. The average Bonchev–Trinajstić information content (AvgIpc) is 2.64. The van der Waals surface area contributed by atoms with E-state index in [0.717, 1.165) is 0 Å². The Balaban J connectivity index is 1.97. The van der Waals surface area contributed by atoms with Crippen molar-refractivity contribution in [2.24, 2.45) is 0 Å². The van der Waals surface area contributed by atoms with Gasteiger partial charge in [-0.15, -0.1) is 0 Å². The highest BCUT2D eigenvalue weighted by Crippen LogP contribution is 2.31. The van der Waals surface area contributed by atoms with Gasteiger partial charge in [0.2, 0.25) is 5.91 Å². The molecule has 0 aliphatic carbocycles. The Bertz CT molecular complexity index is 892. The number of rotatable bonds is 3. The van der Waals surface area contributed by atoms with Gasteiger partial charge in [0.1, 0.15) is 5.57 Å². The number of esters is 2. The first kappa shape index (κ1) is 20.3. The number of ether oxygens (including phenoxy) is 2. The van der Waals surface area contributed by atoms with Crippen LogP contribution in [-0.4, -0.2) is 59.6 Å². The molecule has 0 N–H and O–H groups in total. The normalized spacial score (nSPS) is 18.8. The van der Waals surface area contributed by atoms with Crippen molar-refractivity contribution in [3.63, 3.8) is 0 Å². The average molecular weight is 403 g/mol. The maximum absolute atomic E-state index is 12.3. The van der Waals surface area contributed by atoms with Gasteiger partial charge in [-0.25, -0.2) is 9.59 Å². The molecule has 2 fully saturated rings. The lowest BCUT2D eigenvalue weighted by Crippen LogP contribution is -2.48. The summed E-state index contributed by atoms with van der Waals surface area (Å²) in [6.45, 7) is 6.39. The fourth-order valence-corrected chi connectivity index (χ4v) is 3.26. The van der Waals surface area contributed by atoms with Crippen molar-refractivity contribution in [2.75, 3.05) is 31.1 Å². The first-order chi connectivity index (χ1) is 13.6. The van der Waals surface area contributed by atoms with Crippen LogP contribution in [0.1, 0.15) is 26.3 Å². The van der Waals surface area contributed by atoms with E-state index in [-0.39, 0.29) is 17.2 Å². The van der Waals surface area contributed by atoms with Crippen molar-refractivity contribution >= 4 is 35.3 Å². The molecule has 0 spiro atoms. The van der Waals surface area contributed by atoms with Crippen molar-refractivity contribution in [3.8, 4) is 0 Å². The maximum atomic E-state index is 12.3. The number of amides is 1. The second-order valence-corrected chi connectivity index (χ2v) is 7.23. The van der Waals surface area contributed by atoms with E-state index < -0.39 is 22.6 Å². The Morgan fingerprint density at radius 1 is 1.14 bits per heavy atom. The zero-order valence-corrected chi connectivity index (χ0v) is 16.3. The molecule has 2 heterocycles. The summed E-state index contributed by atoms with van der Waals surface area (Å²) in [7, 11) is 0. The molecule has 1 aromatic rings. The van der Waals surface area contributed by atoms with Gasteiger partial charge in [-0.3, -0.25) is 14.9 Å². The minimum atomic E-state index is -1.37. The monoisotopic (exact) mass is 403 g/mol. The molecular weight excluding hydrogens is 382 g/mol. The lowest BCUT2D eigenvalue weighted by molar-refractivity contribution is -0.384. The van der Waals surface area contributed by atoms with Crippen molar-refractivity contribution < 1.29 is 28.8 Å². The summed E-state index contributed by atoms with van der Waals surface area (Å²) in [5, 5.41) is 11.2. The fraction of sp³-hybridized carbons (Fsp3) is 0.421. The van der Waals surface area contributed by atoms with E-state index in [1.54, 1.807) is 11.0 Å². The van der Waals surface area contributed by atoms with E-state index in [0.29, 0.717) is 37.4 Å². The zero-order chi connectivity index (χ0) is 21.3.